The number of nitrogens with zero attached hydrogens (tertiary/aromatic N) is 2. The SMILES string of the molecule is O=C(C[NH+]1CCN(S(=O)(=O)c2ccccc2[N+](=O)[O-])CC1)Nc1ccc(F)cc1F. The smallest absolute Gasteiger partial charge is 0.289 e. The van der Waals surface area contributed by atoms with E-state index in [0.717, 1.165) is 27.4 Å². The minimum absolute atomic E-state index is 0.0316. The lowest BCUT2D eigenvalue weighted by Gasteiger charge is -2.31. The second-order valence-corrected chi connectivity index (χ2v) is 8.63. The Morgan fingerprint density at radius 2 is 1.83 bits per heavy atom. The van der Waals surface area contributed by atoms with Gasteiger partial charge in [0.1, 0.15) is 11.6 Å². The Morgan fingerprint density at radius 3 is 2.47 bits per heavy atom. The van der Waals surface area contributed by atoms with Gasteiger partial charge in [-0.3, -0.25) is 14.9 Å². The first-order valence-corrected chi connectivity index (χ1v) is 10.4. The van der Waals surface area contributed by atoms with Gasteiger partial charge < -0.3 is 10.2 Å². The fraction of sp³-hybridized carbons (Fsp3) is 0.278. The van der Waals surface area contributed by atoms with Crippen LogP contribution < -0.4 is 10.2 Å². The molecule has 0 bridgehead atoms. The molecule has 0 unspecified atom stereocenters. The van der Waals surface area contributed by atoms with Crippen molar-refractivity contribution >= 4 is 27.3 Å². The van der Waals surface area contributed by atoms with Crippen LogP contribution in [0.1, 0.15) is 0 Å². The lowest BCUT2D eigenvalue weighted by Crippen LogP contribution is -3.15. The minimum Gasteiger partial charge on any atom is -0.325 e. The first-order chi connectivity index (χ1) is 14.2. The molecule has 160 valence electrons. The maximum absolute atomic E-state index is 13.6. The molecule has 1 saturated heterocycles. The van der Waals surface area contributed by atoms with Crippen molar-refractivity contribution in [2.24, 2.45) is 0 Å². The summed E-state index contributed by atoms with van der Waals surface area (Å²) >= 11 is 0. The Balaban J connectivity index is 1.60. The van der Waals surface area contributed by atoms with Gasteiger partial charge in [-0.15, -0.1) is 0 Å². The Kier molecular flexibility index (Phi) is 6.39. The number of anilines is 1. The second-order valence-electron chi connectivity index (χ2n) is 6.73. The highest BCUT2D eigenvalue weighted by atomic mass is 32.2. The van der Waals surface area contributed by atoms with Gasteiger partial charge in [-0.1, -0.05) is 12.1 Å². The summed E-state index contributed by atoms with van der Waals surface area (Å²) in [6.07, 6.45) is 0. The fourth-order valence-electron chi connectivity index (χ4n) is 3.20. The average Bonchev–Trinajstić information content (AvgIpc) is 2.70. The number of para-hydroxylation sites is 1. The van der Waals surface area contributed by atoms with E-state index in [1.807, 2.05) is 0 Å². The molecular formula is C18H19F2N4O5S+. The van der Waals surface area contributed by atoms with Gasteiger partial charge in [0.15, 0.2) is 11.4 Å². The third kappa shape index (κ3) is 4.78. The molecule has 0 atom stereocenters. The van der Waals surface area contributed by atoms with Gasteiger partial charge in [0.25, 0.3) is 11.6 Å². The zero-order valence-corrected chi connectivity index (χ0v) is 16.5. The van der Waals surface area contributed by atoms with Crippen molar-refractivity contribution in [1.82, 2.24) is 4.31 Å². The molecule has 9 nitrogen and oxygen atoms in total. The van der Waals surface area contributed by atoms with Gasteiger partial charge in [-0.05, 0) is 18.2 Å². The molecule has 2 aromatic carbocycles. The summed E-state index contributed by atoms with van der Waals surface area (Å²) in [5.41, 5.74) is -0.633. The topological polar surface area (TPSA) is 114 Å². The van der Waals surface area contributed by atoms with E-state index in [-0.39, 0.29) is 30.2 Å². The number of benzene rings is 2. The fourth-order valence-corrected chi connectivity index (χ4v) is 4.80. The summed E-state index contributed by atoms with van der Waals surface area (Å²) in [5, 5.41) is 13.5. The molecule has 0 aliphatic carbocycles. The summed E-state index contributed by atoms with van der Waals surface area (Å²) in [6.45, 7) is 0.693. The molecule has 0 spiro atoms. The first kappa shape index (κ1) is 21.7. The number of quaternary nitrogens is 1. The predicted octanol–water partition coefficient (Wildman–Crippen LogP) is 0.401. The van der Waals surface area contributed by atoms with Crippen LogP contribution in [0.3, 0.4) is 0 Å². The van der Waals surface area contributed by atoms with Gasteiger partial charge >= 0.3 is 0 Å². The summed E-state index contributed by atoms with van der Waals surface area (Å²) in [7, 11) is -4.06. The van der Waals surface area contributed by atoms with E-state index in [0.29, 0.717) is 19.2 Å². The quantitative estimate of drug-likeness (QED) is 0.498. The Hall–Kier alpha value is -2.96. The highest BCUT2D eigenvalue weighted by Gasteiger charge is 2.35. The van der Waals surface area contributed by atoms with Crippen LogP contribution in [0.15, 0.2) is 47.4 Å². The maximum Gasteiger partial charge on any atom is 0.289 e. The molecule has 2 aromatic rings. The average molecular weight is 441 g/mol. The number of carbonyl (C=O) groups is 1. The molecule has 0 saturated carbocycles. The molecule has 1 aliphatic rings. The minimum atomic E-state index is -4.06. The monoisotopic (exact) mass is 441 g/mol. The molecule has 1 amide bonds. The number of hydrogen-bond donors (Lipinski definition) is 2. The van der Waals surface area contributed by atoms with Gasteiger partial charge in [-0.2, -0.15) is 4.31 Å². The number of piperazine rings is 1. The van der Waals surface area contributed by atoms with E-state index in [9.17, 15) is 32.1 Å². The summed E-state index contributed by atoms with van der Waals surface area (Å²) < 4.78 is 53.3. The van der Waals surface area contributed by atoms with Crippen molar-refractivity contribution < 1.29 is 31.8 Å². The van der Waals surface area contributed by atoms with Crippen LogP contribution in [0.5, 0.6) is 0 Å². The van der Waals surface area contributed by atoms with E-state index >= 15 is 0 Å². The van der Waals surface area contributed by atoms with Crippen LogP contribution in [0.25, 0.3) is 0 Å². The molecule has 1 heterocycles. The largest absolute Gasteiger partial charge is 0.325 e. The van der Waals surface area contributed by atoms with Crippen molar-refractivity contribution in [3.63, 3.8) is 0 Å². The third-order valence-corrected chi connectivity index (χ3v) is 6.67. The summed E-state index contributed by atoms with van der Waals surface area (Å²) in [4.78, 5) is 22.9. The first-order valence-electron chi connectivity index (χ1n) is 9.00. The predicted molar refractivity (Wildman–Crippen MR) is 102 cm³/mol. The zero-order valence-electron chi connectivity index (χ0n) is 15.7. The van der Waals surface area contributed by atoms with Crippen molar-refractivity contribution in [3.8, 4) is 0 Å². The Bertz CT molecular complexity index is 1070. The molecular weight excluding hydrogens is 422 g/mol. The zero-order chi connectivity index (χ0) is 21.9. The Labute approximate surface area is 171 Å². The molecule has 3 rings (SSSR count). The molecule has 0 radical (unpaired) electrons. The summed E-state index contributed by atoms with van der Waals surface area (Å²) in [5.74, 6) is -2.14. The summed E-state index contributed by atoms with van der Waals surface area (Å²) in [6, 6.07) is 7.94. The van der Waals surface area contributed by atoms with Crippen molar-refractivity contribution in [1.29, 1.82) is 0 Å². The number of nitro groups is 1. The molecule has 2 N–H and O–H groups in total. The van der Waals surface area contributed by atoms with Gasteiger partial charge in [0, 0.05) is 12.1 Å². The highest BCUT2D eigenvalue weighted by Crippen LogP contribution is 2.26. The van der Waals surface area contributed by atoms with Crippen LogP contribution >= 0.6 is 0 Å². The molecule has 0 aromatic heterocycles. The number of rotatable bonds is 6. The molecule has 12 heteroatoms. The second kappa shape index (κ2) is 8.81. The van der Waals surface area contributed by atoms with Crippen molar-refractivity contribution in [2.45, 2.75) is 4.90 Å². The van der Waals surface area contributed by atoms with Gasteiger partial charge in [0.2, 0.25) is 10.0 Å². The van der Waals surface area contributed by atoms with Crippen LogP contribution in [-0.4, -0.2) is 56.3 Å². The number of nitrogens with one attached hydrogen (secondary N) is 2. The lowest BCUT2D eigenvalue weighted by molar-refractivity contribution is -0.895. The van der Waals surface area contributed by atoms with Crippen LogP contribution in [0, 0.1) is 21.7 Å². The van der Waals surface area contributed by atoms with E-state index in [1.54, 1.807) is 0 Å². The van der Waals surface area contributed by atoms with E-state index in [4.69, 9.17) is 0 Å². The number of nitro benzene ring substituents is 1. The highest BCUT2D eigenvalue weighted by molar-refractivity contribution is 7.89. The molecule has 1 fully saturated rings. The standard InChI is InChI=1S/C18H18F2N4O5S/c19-13-5-6-15(14(20)11-13)21-18(25)12-22-7-9-23(10-8-22)30(28,29)17-4-2-1-3-16(17)24(26)27/h1-6,11H,7-10,12H2,(H,21,25)/p+1. The van der Waals surface area contributed by atoms with Crippen LogP contribution in [0.4, 0.5) is 20.2 Å². The number of hydrogen-bond acceptors (Lipinski definition) is 5. The third-order valence-electron chi connectivity index (χ3n) is 4.73. The molecule has 1 aliphatic heterocycles. The Morgan fingerprint density at radius 1 is 1.17 bits per heavy atom. The van der Waals surface area contributed by atoms with Crippen LogP contribution in [0.2, 0.25) is 0 Å². The van der Waals surface area contributed by atoms with E-state index in [1.165, 1.54) is 18.2 Å². The number of sulfonamides is 1. The number of amides is 1. The van der Waals surface area contributed by atoms with Crippen LogP contribution in [-0.2, 0) is 14.8 Å². The number of halogens is 2. The lowest BCUT2D eigenvalue weighted by atomic mass is 10.3. The van der Waals surface area contributed by atoms with Gasteiger partial charge in [0.05, 0.1) is 36.8 Å². The number of carbonyl (C=O) groups excluding carboxylic acids is 1. The van der Waals surface area contributed by atoms with Gasteiger partial charge in [-0.25, -0.2) is 17.2 Å². The normalized spacial score (nSPS) is 15.7. The van der Waals surface area contributed by atoms with E-state index in [2.05, 4.69) is 5.32 Å². The van der Waals surface area contributed by atoms with E-state index < -0.39 is 38.2 Å². The molecule has 30 heavy (non-hydrogen) atoms. The van der Waals surface area contributed by atoms with Crippen molar-refractivity contribution in [3.05, 3.63) is 64.2 Å². The maximum atomic E-state index is 13.6. The van der Waals surface area contributed by atoms with Crippen molar-refractivity contribution in [2.75, 3.05) is 38.0 Å².